The van der Waals surface area contributed by atoms with Crippen molar-refractivity contribution >= 4 is 17.8 Å². The maximum atomic E-state index is 11.7. The summed E-state index contributed by atoms with van der Waals surface area (Å²) in [4.78, 5) is 30.8. The lowest BCUT2D eigenvalue weighted by Crippen LogP contribution is -2.16. The van der Waals surface area contributed by atoms with E-state index in [9.17, 15) is 9.59 Å². The third-order valence-corrected chi connectivity index (χ3v) is 1.87. The summed E-state index contributed by atoms with van der Waals surface area (Å²) in [6.45, 7) is 5.26. The van der Waals surface area contributed by atoms with Gasteiger partial charge in [-0.05, 0) is 25.1 Å². The third-order valence-electron chi connectivity index (χ3n) is 1.87. The lowest BCUT2D eigenvalue weighted by atomic mass is 10.1. The Hall–Kier alpha value is -2.36. The van der Waals surface area contributed by atoms with E-state index in [0.29, 0.717) is 0 Å². The minimum absolute atomic E-state index is 0.0971. The maximum absolute atomic E-state index is 11.7. The van der Waals surface area contributed by atoms with E-state index in [0.717, 1.165) is 0 Å². The molecule has 0 aromatic carbocycles. The van der Waals surface area contributed by atoms with Gasteiger partial charge >= 0.3 is 0 Å². The highest BCUT2D eigenvalue weighted by Crippen LogP contribution is 2.02. The Labute approximate surface area is 99.4 Å². The summed E-state index contributed by atoms with van der Waals surface area (Å²) in [6, 6.07) is 4.78. The highest BCUT2D eigenvalue weighted by Gasteiger charge is 2.19. The molecule has 0 aliphatic heterocycles. The minimum atomic E-state index is -0.746. The monoisotopic (exact) mass is 228 g/mol. The van der Waals surface area contributed by atoms with Gasteiger partial charge in [0, 0.05) is 12.4 Å². The minimum Gasteiger partial charge on any atom is -0.283 e. The molecular formula is C13H12N2O2. The van der Waals surface area contributed by atoms with E-state index < -0.39 is 11.6 Å². The number of hydrogen-bond donors (Lipinski definition) is 0. The molecule has 1 aromatic rings. The van der Waals surface area contributed by atoms with Crippen molar-refractivity contribution in [1.82, 2.24) is 4.98 Å². The molecule has 0 radical (unpaired) electrons. The SMILES string of the molecule is C=C(/N=C\C=C/C)C(=O)C(=O)c1ccccn1. The van der Waals surface area contributed by atoms with Crippen molar-refractivity contribution in [3.8, 4) is 0 Å². The number of pyridine rings is 1. The molecule has 1 rings (SSSR count). The van der Waals surface area contributed by atoms with Gasteiger partial charge < -0.3 is 0 Å². The average molecular weight is 228 g/mol. The lowest BCUT2D eigenvalue weighted by Gasteiger charge is -1.97. The van der Waals surface area contributed by atoms with Gasteiger partial charge in [0.25, 0.3) is 11.6 Å². The van der Waals surface area contributed by atoms with Crippen LogP contribution in [0.4, 0.5) is 0 Å². The van der Waals surface area contributed by atoms with Gasteiger partial charge in [0.1, 0.15) is 11.4 Å². The molecular weight excluding hydrogens is 216 g/mol. The van der Waals surface area contributed by atoms with Gasteiger partial charge in [0.2, 0.25) is 0 Å². The van der Waals surface area contributed by atoms with Crippen molar-refractivity contribution in [3.05, 3.63) is 54.5 Å². The zero-order chi connectivity index (χ0) is 12.7. The summed E-state index contributed by atoms with van der Waals surface area (Å²) >= 11 is 0. The van der Waals surface area contributed by atoms with E-state index in [1.165, 1.54) is 18.5 Å². The smallest absolute Gasteiger partial charge is 0.253 e. The van der Waals surface area contributed by atoms with Crippen LogP contribution in [-0.2, 0) is 4.79 Å². The molecule has 4 nitrogen and oxygen atoms in total. The van der Waals surface area contributed by atoms with Crippen LogP contribution in [0.3, 0.4) is 0 Å². The Morgan fingerprint density at radius 3 is 2.76 bits per heavy atom. The van der Waals surface area contributed by atoms with E-state index in [1.807, 2.05) is 6.92 Å². The van der Waals surface area contributed by atoms with Crippen LogP contribution in [-0.4, -0.2) is 22.8 Å². The van der Waals surface area contributed by atoms with E-state index in [2.05, 4.69) is 16.6 Å². The summed E-state index contributed by atoms with van der Waals surface area (Å²) in [5.74, 6) is -1.45. The standard InChI is InChI=1S/C13H12N2O2/c1-3-4-8-14-10(2)12(16)13(17)11-7-5-6-9-15-11/h3-9H,2H2,1H3/b4-3-,14-8-. The summed E-state index contributed by atoms with van der Waals surface area (Å²) in [7, 11) is 0. The van der Waals surface area contributed by atoms with Gasteiger partial charge in [-0.2, -0.15) is 0 Å². The van der Waals surface area contributed by atoms with E-state index in [4.69, 9.17) is 0 Å². The van der Waals surface area contributed by atoms with E-state index >= 15 is 0 Å². The Bertz CT molecular complexity index is 487. The molecule has 0 amide bonds. The van der Waals surface area contributed by atoms with Crippen molar-refractivity contribution in [2.75, 3.05) is 0 Å². The van der Waals surface area contributed by atoms with Crippen molar-refractivity contribution in [1.29, 1.82) is 0 Å². The van der Waals surface area contributed by atoms with Crippen LogP contribution in [0.15, 0.2) is 53.8 Å². The van der Waals surface area contributed by atoms with Crippen molar-refractivity contribution in [3.63, 3.8) is 0 Å². The topological polar surface area (TPSA) is 59.4 Å². The largest absolute Gasteiger partial charge is 0.283 e. The second kappa shape index (κ2) is 6.27. The van der Waals surface area contributed by atoms with E-state index in [1.54, 1.807) is 24.3 Å². The van der Waals surface area contributed by atoms with Gasteiger partial charge in [0.15, 0.2) is 0 Å². The fourth-order valence-corrected chi connectivity index (χ4v) is 1.02. The summed E-state index contributed by atoms with van der Waals surface area (Å²) in [5, 5.41) is 0. The molecule has 0 bridgehead atoms. The average Bonchev–Trinajstić information content (AvgIpc) is 2.38. The highest BCUT2D eigenvalue weighted by atomic mass is 16.2. The number of aliphatic imine (C=N–C) groups is 1. The predicted octanol–water partition coefficient (Wildman–Crippen LogP) is 1.99. The number of Topliss-reactive ketones (excluding diaryl/α,β-unsaturated/α-hetero) is 2. The summed E-state index contributed by atoms with van der Waals surface area (Å²) < 4.78 is 0. The van der Waals surface area contributed by atoms with Crippen LogP contribution in [0.25, 0.3) is 0 Å². The Balaban J connectivity index is 2.78. The van der Waals surface area contributed by atoms with Crippen LogP contribution < -0.4 is 0 Å². The number of carbonyl (C=O) groups is 2. The van der Waals surface area contributed by atoms with Crippen LogP contribution in [0.1, 0.15) is 17.4 Å². The van der Waals surface area contributed by atoms with Crippen molar-refractivity contribution in [2.24, 2.45) is 4.99 Å². The molecule has 1 heterocycles. The zero-order valence-electron chi connectivity index (χ0n) is 9.46. The quantitative estimate of drug-likeness (QED) is 0.335. The Morgan fingerprint density at radius 1 is 1.41 bits per heavy atom. The van der Waals surface area contributed by atoms with Crippen LogP contribution >= 0.6 is 0 Å². The summed E-state index contributed by atoms with van der Waals surface area (Å²) in [6.07, 6.45) is 6.25. The van der Waals surface area contributed by atoms with Crippen LogP contribution in [0.2, 0.25) is 0 Å². The number of nitrogens with zero attached hydrogens (tertiary/aromatic N) is 2. The molecule has 0 N–H and O–H groups in total. The molecule has 4 heteroatoms. The zero-order valence-corrected chi connectivity index (χ0v) is 9.46. The number of rotatable bonds is 5. The van der Waals surface area contributed by atoms with Gasteiger partial charge in [0.05, 0.1) is 0 Å². The normalized spacial score (nSPS) is 10.9. The predicted molar refractivity (Wildman–Crippen MR) is 66.0 cm³/mol. The third kappa shape index (κ3) is 3.61. The molecule has 0 aliphatic carbocycles. The molecule has 0 aliphatic rings. The first-order valence-electron chi connectivity index (χ1n) is 5.01. The molecule has 0 fully saturated rings. The van der Waals surface area contributed by atoms with Crippen molar-refractivity contribution in [2.45, 2.75) is 6.92 Å². The van der Waals surface area contributed by atoms with Gasteiger partial charge in [-0.3, -0.25) is 19.6 Å². The number of carbonyl (C=O) groups excluding carboxylic acids is 2. The fourth-order valence-electron chi connectivity index (χ4n) is 1.02. The Kier molecular flexibility index (Phi) is 4.69. The molecule has 0 saturated heterocycles. The van der Waals surface area contributed by atoms with Crippen LogP contribution in [0, 0.1) is 0 Å². The first kappa shape index (κ1) is 12.7. The molecule has 1 aromatic heterocycles. The molecule has 86 valence electrons. The number of ketones is 2. The second-order valence-corrected chi connectivity index (χ2v) is 3.12. The fraction of sp³-hybridized carbons (Fsp3) is 0.0769. The molecule has 0 saturated carbocycles. The van der Waals surface area contributed by atoms with E-state index in [-0.39, 0.29) is 11.4 Å². The van der Waals surface area contributed by atoms with Gasteiger partial charge in [-0.1, -0.05) is 18.7 Å². The first-order valence-corrected chi connectivity index (χ1v) is 5.01. The van der Waals surface area contributed by atoms with Gasteiger partial charge in [-0.25, -0.2) is 0 Å². The molecule has 0 unspecified atom stereocenters. The second-order valence-electron chi connectivity index (χ2n) is 3.12. The number of hydrogen-bond acceptors (Lipinski definition) is 4. The highest BCUT2D eigenvalue weighted by molar-refractivity contribution is 6.48. The maximum Gasteiger partial charge on any atom is 0.253 e. The first-order chi connectivity index (χ1) is 8.16. The van der Waals surface area contributed by atoms with Crippen molar-refractivity contribution < 1.29 is 9.59 Å². The molecule has 0 atom stereocenters. The summed E-state index contributed by atoms with van der Waals surface area (Å²) in [5.41, 5.74) is -0.00126. The number of allylic oxidation sites excluding steroid dienone is 3. The molecule has 0 spiro atoms. The molecule has 17 heavy (non-hydrogen) atoms. The lowest BCUT2D eigenvalue weighted by molar-refractivity contribution is -0.111. The van der Waals surface area contributed by atoms with Gasteiger partial charge in [-0.15, -0.1) is 0 Å². The van der Waals surface area contributed by atoms with Crippen LogP contribution in [0.5, 0.6) is 0 Å². The Morgan fingerprint density at radius 2 is 2.18 bits per heavy atom. The number of aromatic nitrogens is 1.